The van der Waals surface area contributed by atoms with E-state index in [9.17, 15) is 0 Å². The van der Waals surface area contributed by atoms with Crippen LogP contribution in [0.3, 0.4) is 0 Å². The third kappa shape index (κ3) is 11.2. The van der Waals surface area contributed by atoms with Crippen LogP contribution in [0.1, 0.15) is 113 Å². The zero-order chi connectivity index (χ0) is 55.1. The maximum absolute atomic E-state index is 4.86. The molecule has 0 bridgehead atoms. The molecule has 0 spiro atoms. The van der Waals surface area contributed by atoms with Gasteiger partial charge in [-0.2, -0.15) is 0 Å². The predicted molar refractivity (Wildman–Crippen MR) is 347 cm³/mol. The molecule has 400 valence electrons. The molecule has 0 fully saturated rings. The number of hydrogen-bond acceptors (Lipinski definition) is 6. The number of rotatable bonds is 6. The summed E-state index contributed by atoms with van der Waals surface area (Å²) in [5.41, 5.74) is 16.3. The van der Waals surface area contributed by atoms with Crippen LogP contribution >= 0.6 is 54.5 Å². The summed E-state index contributed by atoms with van der Waals surface area (Å²) < 4.78 is 6.91. The molecule has 79 heavy (non-hydrogen) atoms. The molecule has 0 aliphatic carbocycles. The molecule has 12 aromatic rings. The first-order valence-electron chi connectivity index (χ1n) is 26.5. The minimum absolute atomic E-state index is 0. The molecule has 0 amide bonds. The Morgan fingerprint density at radius 2 is 0.608 bits per heavy atom. The molecule has 0 aliphatic rings. The van der Waals surface area contributed by atoms with Crippen LogP contribution in [0.4, 0.5) is 0 Å². The van der Waals surface area contributed by atoms with Gasteiger partial charge in [-0.15, -0.1) is 22.7 Å². The van der Waals surface area contributed by atoms with Crippen molar-refractivity contribution in [2.45, 2.75) is 112 Å². The van der Waals surface area contributed by atoms with E-state index in [2.05, 4.69) is 255 Å². The van der Waals surface area contributed by atoms with Crippen molar-refractivity contribution in [3.8, 4) is 53.7 Å². The van der Waals surface area contributed by atoms with Gasteiger partial charge in [0.2, 0.25) is 0 Å². The number of halogens is 2. The second-order valence-corrected chi connectivity index (χ2v) is 28.4. The molecule has 0 N–H and O–H groups in total. The lowest BCUT2D eigenvalue weighted by Crippen LogP contribution is -2.10. The van der Waals surface area contributed by atoms with Crippen LogP contribution < -0.4 is 0 Å². The van der Waals surface area contributed by atoms with Crippen LogP contribution in [0.25, 0.3) is 97.3 Å². The van der Waals surface area contributed by atoms with Crippen molar-refractivity contribution in [1.82, 2.24) is 29.1 Å². The molecule has 0 radical (unpaired) electrons. The zero-order valence-electron chi connectivity index (χ0n) is 46.4. The Hall–Kier alpha value is -6.56. The van der Waals surface area contributed by atoms with Gasteiger partial charge in [0.05, 0.1) is 44.8 Å². The first-order chi connectivity index (χ1) is 37.0. The van der Waals surface area contributed by atoms with Gasteiger partial charge < -0.3 is 9.13 Å². The van der Waals surface area contributed by atoms with E-state index in [0.717, 1.165) is 42.8 Å². The Morgan fingerprint density at radius 1 is 0.329 bits per heavy atom. The third-order valence-corrected chi connectivity index (χ3v) is 17.9. The van der Waals surface area contributed by atoms with Crippen molar-refractivity contribution in [1.29, 1.82) is 0 Å². The Labute approximate surface area is 491 Å². The van der Waals surface area contributed by atoms with Crippen molar-refractivity contribution in [2.24, 2.45) is 0 Å². The van der Waals surface area contributed by atoms with Gasteiger partial charge in [0.25, 0.3) is 0 Å². The second-order valence-electron chi connectivity index (χ2n) is 24.5. The zero-order valence-corrected chi connectivity index (χ0v) is 51.2. The number of thiophene rings is 2. The summed E-state index contributed by atoms with van der Waals surface area (Å²) in [4.78, 5) is 20.6. The lowest BCUT2D eigenvalue weighted by Gasteiger charge is -2.19. The molecule has 4 aromatic carbocycles. The Bertz CT molecular complexity index is 3820. The van der Waals surface area contributed by atoms with E-state index in [-0.39, 0.29) is 29.1 Å². The summed E-state index contributed by atoms with van der Waals surface area (Å²) in [6, 6.07) is 53.5. The van der Waals surface area contributed by atoms with E-state index in [0.29, 0.717) is 0 Å². The average Bonchev–Trinajstić information content (AvgIpc) is 4.20. The van der Waals surface area contributed by atoms with Crippen molar-refractivity contribution >= 4 is 98.1 Å². The topological polar surface area (TPSA) is 61.4 Å². The van der Waals surface area contributed by atoms with Gasteiger partial charge in [0, 0.05) is 65.0 Å². The summed E-state index contributed by atoms with van der Waals surface area (Å²) >= 11 is 10.4. The van der Waals surface area contributed by atoms with Crippen LogP contribution in [0.2, 0.25) is 0 Å². The Kier molecular flexibility index (Phi) is 14.9. The highest BCUT2D eigenvalue weighted by atomic mass is 79.9. The van der Waals surface area contributed by atoms with E-state index in [1.165, 1.54) is 85.6 Å². The summed E-state index contributed by atoms with van der Waals surface area (Å²) in [5, 5.41) is 7.61. The molecule has 0 unspecified atom stereocenters. The lowest BCUT2D eigenvalue weighted by atomic mass is 9.85. The van der Waals surface area contributed by atoms with Gasteiger partial charge in [0.15, 0.2) is 0 Å². The van der Waals surface area contributed by atoms with Gasteiger partial charge in [-0.3, -0.25) is 19.9 Å². The molecule has 0 atom stereocenters. The summed E-state index contributed by atoms with van der Waals surface area (Å²) in [5.74, 6) is 0. The first kappa shape index (κ1) is 55.7. The predicted octanol–water partition coefficient (Wildman–Crippen LogP) is 21.3. The van der Waals surface area contributed by atoms with E-state index in [1.807, 2.05) is 59.3 Å². The molecule has 12 rings (SSSR count). The van der Waals surface area contributed by atoms with Crippen LogP contribution in [-0.2, 0) is 21.7 Å². The monoisotopic (exact) mass is 1200 g/mol. The fraction of sp³-hybridized carbons (Fsp3) is 0.246. The van der Waals surface area contributed by atoms with Crippen molar-refractivity contribution in [2.75, 3.05) is 0 Å². The smallest absolute Gasteiger partial charge is 0.101 e. The van der Waals surface area contributed by atoms with Gasteiger partial charge in [-0.25, -0.2) is 0 Å². The van der Waals surface area contributed by atoms with Crippen molar-refractivity contribution in [3.05, 3.63) is 202 Å². The Balaban J connectivity index is 0.000000408. The summed E-state index contributed by atoms with van der Waals surface area (Å²) in [6.07, 6.45) is 7.34. The van der Waals surface area contributed by atoms with Crippen LogP contribution in [0.5, 0.6) is 0 Å². The molecule has 8 heterocycles. The minimum atomic E-state index is 0. The van der Waals surface area contributed by atoms with Gasteiger partial charge in [0.1, 0.15) is 10.0 Å². The molecule has 0 saturated carbocycles. The van der Waals surface area contributed by atoms with E-state index < -0.39 is 0 Å². The fourth-order valence-corrected chi connectivity index (χ4v) is 12.9. The number of hydrogen-bond donors (Lipinski definition) is 0. The highest BCUT2D eigenvalue weighted by Gasteiger charge is 2.24. The molecule has 0 saturated heterocycles. The third-order valence-electron chi connectivity index (χ3n) is 14.7. The molecular formula is C69H68Br2N6S2. The number of fused-ring (bicyclic) bond motifs is 6. The highest BCUT2D eigenvalue weighted by Crippen LogP contribution is 2.43. The number of pyridine rings is 4. The number of benzene rings is 4. The maximum atomic E-state index is 4.86. The molecule has 6 nitrogen and oxygen atoms in total. The molecule has 0 aliphatic heterocycles. The summed E-state index contributed by atoms with van der Waals surface area (Å²) in [7, 11) is 0. The van der Waals surface area contributed by atoms with Gasteiger partial charge in [-0.1, -0.05) is 147 Å². The van der Waals surface area contributed by atoms with Crippen LogP contribution in [0, 0.1) is 0 Å². The summed E-state index contributed by atoms with van der Waals surface area (Å²) in [6.45, 7) is 27.5. The van der Waals surface area contributed by atoms with Gasteiger partial charge in [-0.05, 0) is 176 Å². The number of aromatic nitrogens is 6. The maximum Gasteiger partial charge on any atom is 0.101 e. The fourth-order valence-electron chi connectivity index (χ4n) is 10.1. The van der Waals surface area contributed by atoms with Crippen molar-refractivity contribution < 1.29 is 0 Å². The molecule has 10 heteroatoms. The standard InChI is InChI=1S/C58H58N4S2.C10H6Br2N2.CH4/c1-55(2,3)37-13-17-47-41(31-37)42-32-38(56(4,5)6)14-18-48(42)61(47)53-23-21-51(63-53)35-25-27-59-45(29-35)46-30-36(26-28-60-46)52-22-24-54(64-52)62-49-19-15-39(57(7,8)9)33-43(49)44-34-40(58(10,11)12)16-20-50(44)62;11-7-1-3-13-9(5-7)10-6-8(12)2-4-14-10;/h13-34H,1-12H3;1-6H;1H4. The molecular weight excluding hydrogens is 1140 g/mol. The largest absolute Gasteiger partial charge is 0.301 e. The average molecular weight is 1210 g/mol. The Morgan fingerprint density at radius 3 is 0.886 bits per heavy atom. The van der Waals surface area contributed by atoms with Crippen LogP contribution in [0.15, 0.2) is 179 Å². The van der Waals surface area contributed by atoms with E-state index in [4.69, 9.17) is 9.97 Å². The van der Waals surface area contributed by atoms with E-state index >= 15 is 0 Å². The SMILES string of the molecule is Brc1ccnc(-c2cc(Br)ccn2)c1.C.CC(C)(C)c1ccc2c(c1)c1cc(C(C)(C)C)ccc1n2-c1ccc(-c2ccnc(-c3cc(-c4ccc(-n5c6ccc(C(C)(C)C)cc6c6cc(C(C)(C)C)ccc65)s4)ccn3)c2)s1. The normalized spacial score (nSPS) is 12.3. The molecule has 8 aromatic heterocycles. The van der Waals surface area contributed by atoms with E-state index in [1.54, 1.807) is 12.4 Å². The first-order valence-corrected chi connectivity index (χ1v) is 29.8. The highest BCUT2D eigenvalue weighted by molar-refractivity contribution is 9.10. The van der Waals surface area contributed by atoms with Gasteiger partial charge >= 0.3 is 0 Å². The lowest BCUT2D eigenvalue weighted by molar-refractivity contribution is 0.590. The van der Waals surface area contributed by atoms with Crippen LogP contribution in [-0.4, -0.2) is 29.1 Å². The quantitative estimate of drug-likeness (QED) is 0.166. The minimum Gasteiger partial charge on any atom is -0.301 e. The second kappa shape index (κ2) is 21.2. The number of nitrogens with zero attached hydrogens (tertiary/aromatic N) is 6. The van der Waals surface area contributed by atoms with Crippen molar-refractivity contribution in [3.63, 3.8) is 0 Å².